The number of pyridine rings is 2. The topological polar surface area (TPSA) is 78.0 Å². The van der Waals surface area contributed by atoms with Gasteiger partial charge in [-0.3, -0.25) is 14.6 Å². The zero-order chi connectivity index (χ0) is 16.9. The second-order valence-corrected chi connectivity index (χ2v) is 5.52. The van der Waals surface area contributed by atoms with Gasteiger partial charge in [-0.25, -0.2) is 0 Å². The molecule has 0 unspecified atom stereocenters. The van der Waals surface area contributed by atoms with Crippen LogP contribution in [-0.4, -0.2) is 15.5 Å². The Balaban J connectivity index is 1.77. The molecule has 2 aromatic heterocycles. The molecule has 2 N–H and O–H groups in total. The summed E-state index contributed by atoms with van der Waals surface area (Å²) in [5.74, 6) is -0.474. The number of nitrogens with two attached hydrogens (primary N) is 1. The van der Waals surface area contributed by atoms with E-state index in [0.29, 0.717) is 24.2 Å². The van der Waals surface area contributed by atoms with Gasteiger partial charge in [0.2, 0.25) is 0 Å². The van der Waals surface area contributed by atoms with E-state index in [-0.39, 0.29) is 5.56 Å². The van der Waals surface area contributed by atoms with Crippen molar-refractivity contribution in [3.63, 3.8) is 0 Å². The molecule has 1 amide bonds. The SMILES string of the molecule is NC(=O)c1cccnc1Cc1ccc(Cn2ccccc2=O)cc1. The van der Waals surface area contributed by atoms with Crippen molar-refractivity contribution in [2.45, 2.75) is 13.0 Å². The van der Waals surface area contributed by atoms with Gasteiger partial charge in [0.05, 0.1) is 17.8 Å². The van der Waals surface area contributed by atoms with E-state index in [1.165, 1.54) is 0 Å². The van der Waals surface area contributed by atoms with Gasteiger partial charge in [0.1, 0.15) is 0 Å². The average Bonchev–Trinajstić information content (AvgIpc) is 2.59. The monoisotopic (exact) mass is 319 g/mol. The lowest BCUT2D eigenvalue weighted by molar-refractivity contribution is 0.0999. The van der Waals surface area contributed by atoms with Crippen molar-refractivity contribution in [2.24, 2.45) is 5.73 Å². The van der Waals surface area contributed by atoms with Crippen LogP contribution in [0.25, 0.3) is 0 Å². The molecule has 0 aliphatic carbocycles. The first-order chi connectivity index (χ1) is 11.6. The van der Waals surface area contributed by atoms with E-state index in [2.05, 4.69) is 4.98 Å². The summed E-state index contributed by atoms with van der Waals surface area (Å²) in [5, 5.41) is 0. The normalized spacial score (nSPS) is 10.5. The van der Waals surface area contributed by atoms with Crippen LogP contribution in [0.1, 0.15) is 27.2 Å². The van der Waals surface area contributed by atoms with Crippen molar-refractivity contribution in [1.82, 2.24) is 9.55 Å². The summed E-state index contributed by atoms with van der Waals surface area (Å²) >= 11 is 0. The first kappa shape index (κ1) is 15.7. The van der Waals surface area contributed by atoms with Crippen LogP contribution < -0.4 is 11.3 Å². The molecule has 0 spiro atoms. The van der Waals surface area contributed by atoms with E-state index >= 15 is 0 Å². The maximum atomic E-state index is 11.7. The molecular weight excluding hydrogens is 302 g/mol. The zero-order valence-electron chi connectivity index (χ0n) is 13.1. The molecule has 24 heavy (non-hydrogen) atoms. The molecule has 3 aromatic rings. The molecule has 0 aliphatic rings. The standard InChI is InChI=1S/C19H17N3O2/c20-19(24)16-4-3-10-21-17(16)12-14-6-8-15(9-7-14)13-22-11-2-1-5-18(22)23/h1-11H,12-13H2,(H2,20,24). The Hall–Kier alpha value is -3.21. The quantitative estimate of drug-likeness (QED) is 0.781. The lowest BCUT2D eigenvalue weighted by Gasteiger charge is -2.08. The van der Waals surface area contributed by atoms with Gasteiger partial charge in [0.15, 0.2) is 0 Å². The summed E-state index contributed by atoms with van der Waals surface area (Å²) < 4.78 is 1.65. The lowest BCUT2D eigenvalue weighted by Crippen LogP contribution is -2.18. The molecule has 0 atom stereocenters. The third kappa shape index (κ3) is 3.57. The molecule has 3 rings (SSSR count). The Bertz CT molecular complexity index is 914. The number of benzene rings is 1. The molecule has 1 aromatic carbocycles. The third-order valence-corrected chi connectivity index (χ3v) is 3.80. The van der Waals surface area contributed by atoms with E-state index in [0.717, 1.165) is 11.1 Å². The number of aromatic nitrogens is 2. The second-order valence-electron chi connectivity index (χ2n) is 5.52. The average molecular weight is 319 g/mol. The fraction of sp³-hybridized carbons (Fsp3) is 0.105. The van der Waals surface area contributed by atoms with Crippen LogP contribution in [0.3, 0.4) is 0 Å². The summed E-state index contributed by atoms with van der Waals surface area (Å²) in [7, 11) is 0. The summed E-state index contributed by atoms with van der Waals surface area (Å²) in [6.45, 7) is 0.524. The Labute approximate surface area is 139 Å². The van der Waals surface area contributed by atoms with Crippen LogP contribution in [-0.2, 0) is 13.0 Å². The van der Waals surface area contributed by atoms with E-state index in [4.69, 9.17) is 5.73 Å². The fourth-order valence-electron chi connectivity index (χ4n) is 2.55. The predicted octanol–water partition coefficient (Wildman–Crippen LogP) is 1.98. The predicted molar refractivity (Wildman–Crippen MR) is 91.8 cm³/mol. The molecule has 0 aliphatic heterocycles. The summed E-state index contributed by atoms with van der Waals surface area (Å²) in [6.07, 6.45) is 3.95. The van der Waals surface area contributed by atoms with Crippen molar-refractivity contribution in [1.29, 1.82) is 0 Å². The van der Waals surface area contributed by atoms with E-state index in [1.54, 1.807) is 41.2 Å². The fourth-order valence-corrected chi connectivity index (χ4v) is 2.55. The van der Waals surface area contributed by atoms with Crippen LogP contribution in [0.4, 0.5) is 0 Å². The molecule has 0 saturated carbocycles. The minimum Gasteiger partial charge on any atom is -0.366 e. The third-order valence-electron chi connectivity index (χ3n) is 3.80. The van der Waals surface area contributed by atoms with Crippen molar-refractivity contribution < 1.29 is 4.79 Å². The van der Waals surface area contributed by atoms with Gasteiger partial charge in [-0.05, 0) is 29.3 Å². The number of hydrogen-bond donors (Lipinski definition) is 1. The number of nitrogens with zero attached hydrogens (tertiary/aromatic N) is 2. The number of carbonyl (C=O) groups excluding carboxylic acids is 1. The minimum absolute atomic E-state index is 0.0267. The molecule has 5 heteroatoms. The van der Waals surface area contributed by atoms with Crippen molar-refractivity contribution in [3.05, 3.63) is 99.7 Å². The van der Waals surface area contributed by atoms with E-state index < -0.39 is 5.91 Å². The van der Waals surface area contributed by atoms with Gasteiger partial charge >= 0.3 is 0 Å². The van der Waals surface area contributed by atoms with Crippen LogP contribution >= 0.6 is 0 Å². The first-order valence-electron chi connectivity index (χ1n) is 7.60. The highest BCUT2D eigenvalue weighted by atomic mass is 16.1. The molecule has 0 bridgehead atoms. The Morgan fingerprint density at radius 2 is 1.75 bits per heavy atom. The molecule has 120 valence electrons. The molecule has 0 saturated heterocycles. The van der Waals surface area contributed by atoms with Crippen LogP contribution in [0.2, 0.25) is 0 Å². The summed E-state index contributed by atoms with van der Waals surface area (Å²) in [5.41, 5.74) is 8.52. The maximum absolute atomic E-state index is 11.7. The van der Waals surface area contributed by atoms with Gasteiger partial charge in [-0.15, -0.1) is 0 Å². The lowest BCUT2D eigenvalue weighted by atomic mass is 10.0. The highest BCUT2D eigenvalue weighted by molar-refractivity contribution is 5.93. The largest absolute Gasteiger partial charge is 0.366 e. The van der Waals surface area contributed by atoms with Crippen molar-refractivity contribution in [2.75, 3.05) is 0 Å². The number of rotatable bonds is 5. The minimum atomic E-state index is -0.474. The Kier molecular flexibility index (Phi) is 4.52. The van der Waals surface area contributed by atoms with E-state index in [1.807, 2.05) is 30.3 Å². The van der Waals surface area contributed by atoms with Crippen molar-refractivity contribution >= 4 is 5.91 Å². The molecule has 5 nitrogen and oxygen atoms in total. The van der Waals surface area contributed by atoms with Gasteiger partial charge < -0.3 is 10.3 Å². The van der Waals surface area contributed by atoms with Crippen LogP contribution in [0.15, 0.2) is 71.8 Å². The van der Waals surface area contributed by atoms with Crippen molar-refractivity contribution in [3.8, 4) is 0 Å². The van der Waals surface area contributed by atoms with Crippen LogP contribution in [0.5, 0.6) is 0 Å². The number of primary amides is 1. The molecular formula is C19H17N3O2. The second kappa shape index (κ2) is 6.91. The molecule has 0 fully saturated rings. The number of carbonyl (C=O) groups is 1. The Morgan fingerprint density at radius 1 is 1.00 bits per heavy atom. The molecule has 2 heterocycles. The number of amides is 1. The van der Waals surface area contributed by atoms with Gasteiger partial charge in [-0.2, -0.15) is 0 Å². The van der Waals surface area contributed by atoms with E-state index in [9.17, 15) is 9.59 Å². The van der Waals surface area contributed by atoms with Crippen LogP contribution in [0, 0.1) is 0 Å². The summed E-state index contributed by atoms with van der Waals surface area (Å²) in [4.78, 5) is 27.4. The zero-order valence-corrected chi connectivity index (χ0v) is 13.1. The summed E-state index contributed by atoms with van der Waals surface area (Å²) in [6, 6.07) is 16.4. The highest BCUT2D eigenvalue weighted by Gasteiger charge is 2.09. The highest BCUT2D eigenvalue weighted by Crippen LogP contribution is 2.13. The Morgan fingerprint density at radius 3 is 2.46 bits per heavy atom. The first-order valence-corrected chi connectivity index (χ1v) is 7.60. The smallest absolute Gasteiger partial charge is 0.250 e. The van der Waals surface area contributed by atoms with Gasteiger partial charge in [-0.1, -0.05) is 30.3 Å². The van der Waals surface area contributed by atoms with Gasteiger partial charge in [0, 0.05) is 24.9 Å². The van der Waals surface area contributed by atoms with Gasteiger partial charge in [0.25, 0.3) is 11.5 Å². The number of hydrogen-bond acceptors (Lipinski definition) is 3. The molecule has 0 radical (unpaired) electrons. The maximum Gasteiger partial charge on any atom is 0.250 e.